The van der Waals surface area contributed by atoms with Crippen molar-refractivity contribution < 1.29 is 4.74 Å². The van der Waals surface area contributed by atoms with Crippen molar-refractivity contribution in [1.29, 1.82) is 5.26 Å². The number of alkyl halides is 1. The minimum absolute atomic E-state index is 0.330. The zero-order valence-electron chi connectivity index (χ0n) is 6.30. The minimum atomic E-state index is -0.501. The van der Waals surface area contributed by atoms with Gasteiger partial charge in [-0.2, -0.15) is 5.26 Å². The first-order chi connectivity index (χ1) is 4.66. The summed E-state index contributed by atoms with van der Waals surface area (Å²) in [5.41, 5.74) is 0. The van der Waals surface area contributed by atoms with E-state index in [1.165, 1.54) is 0 Å². The zero-order chi connectivity index (χ0) is 7.98. The van der Waals surface area contributed by atoms with E-state index in [1.807, 2.05) is 6.07 Å². The molecule has 0 aromatic heterocycles. The van der Waals surface area contributed by atoms with Gasteiger partial charge in [0.1, 0.15) is 5.38 Å². The van der Waals surface area contributed by atoms with Crippen molar-refractivity contribution in [3.05, 3.63) is 0 Å². The Morgan fingerprint density at radius 3 is 2.50 bits per heavy atom. The smallest absolute Gasteiger partial charge is 0.143 e. The van der Waals surface area contributed by atoms with Crippen LogP contribution in [0.25, 0.3) is 0 Å². The van der Waals surface area contributed by atoms with Crippen LogP contribution < -0.4 is 0 Å². The van der Waals surface area contributed by atoms with Gasteiger partial charge in [-0.15, -0.1) is 11.6 Å². The van der Waals surface area contributed by atoms with E-state index in [-0.39, 0.29) is 0 Å². The summed E-state index contributed by atoms with van der Waals surface area (Å²) < 4.78 is 5.09. The average molecular weight is 162 g/mol. The van der Waals surface area contributed by atoms with Crippen molar-refractivity contribution >= 4 is 11.6 Å². The quantitative estimate of drug-likeness (QED) is 0.589. The van der Waals surface area contributed by atoms with E-state index in [0.29, 0.717) is 19.1 Å². The maximum atomic E-state index is 8.24. The number of nitrogens with zero attached hydrogens (tertiary/aromatic N) is 1. The van der Waals surface area contributed by atoms with Gasteiger partial charge in [-0.1, -0.05) is 13.8 Å². The summed E-state index contributed by atoms with van der Waals surface area (Å²) in [6, 6.07) is 1.88. The molecule has 0 bridgehead atoms. The van der Waals surface area contributed by atoms with Crippen LogP contribution in [0.1, 0.15) is 13.8 Å². The predicted octanol–water partition coefficient (Wildman–Crippen LogP) is 1.79. The van der Waals surface area contributed by atoms with Crippen molar-refractivity contribution in [3.8, 4) is 6.07 Å². The highest BCUT2D eigenvalue weighted by Crippen LogP contribution is 1.97. The summed E-state index contributed by atoms with van der Waals surface area (Å²) in [7, 11) is 0. The lowest BCUT2D eigenvalue weighted by molar-refractivity contribution is 0.116. The van der Waals surface area contributed by atoms with Gasteiger partial charge < -0.3 is 4.74 Å². The SMILES string of the molecule is CC(C)COCC(Cl)C#N. The number of hydrogen-bond acceptors (Lipinski definition) is 2. The molecule has 0 aliphatic rings. The average Bonchev–Trinajstić information content (AvgIpc) is 1.87. The van der Waals surface area contributed by atoms with Crippen molar-refractivity contribution in [2.75, 3.05) is 13.2 Å². The van der Waals surface area contributed by atoms with Gasteiger partial charge >= 0.3 is 0 Å². The molecule has 58 valence electrons. The molecule has 0 spiro atoms. The Hall–Kier alpha value is -0.260. The molecule has 0 rings (SSSR count). The Balaban J connectivity index is 3.13. The normalized spacial score (nSPS) is 13.1. The molecule has 0 fully saturated rings. The molecule has 0 N–H and O–H groups in total. The zero-order valence-corrected chi connectivity index (χ0v) is 7.06. The standard InChI is InChI=1S/C7H12ClNO/c1-6(2)4-10-5-7(8)3-9/h6-7H,4-5H2,1-2H3. The second-order valence-electron chi connectivity index (χ2n) is 2.53. The fourth-order valence-corrected chi connectivity index (χ4v) is 0.534. The van der Waals surface area contributed by atoms with Crippen LogP contribution in [0, 0.1) is 17.2 Å². The Kier molecular flexibility index (Phi) is 5.38. The van der Waals surface area contributed by atoms with Crippen molar-refractivity contribution in [3.63, 3.8) is 0 Å². The summed E-state index contributed by atoms with van der Waals surface area (Å²) in [5, 5.41) is 7.74. The minimum Gasteiger partial charge on any atom is -0.379 e. The highest BCUT2D eigenvalue weighted by Gasteiger charge is 2.01. The summed E-state index contributed by atoms with van der Waals surface area (Å²) in [6.45, 7) is 5.10. The van der Waals surface area contributed by atoms with Crippen LogP contribution in [0.2, 0.25) is 0 Å². The summed E-state index contributed by atoms with van der Waals surface area (Å²) in [4.78, 5) is 0. The monoisotopic (exact) mass is 161 g/mol. The Morgan fingerprint density at radius 1 is 1.50 bits per heavy atom. The van der Waals surface area contributed by atoms with Crippen LogP contribution in [0.4, 0.5) is 0 Å². The lowest BCUT2D eigenvalue weighted by atomic mass is 10.2. The molecule has 0 aromatic rings. The number of nitriles is 1. The Bertz CT molecular complexity index is 119. The van der Waals surface area contributed by atoms with Gasteiger partial charge in [0.2, 0.25) is 0 Å². The highest BCUT2D eigenvalue weighted by atomic mass is 35.5. The third-order valence-corrected chi connectivity index (χ3v) is 1.08. The summed E-state index contributed by atoms with van der Waals surface area (Å²) in [6.07, 6.45) is 0. The van der Waals surface area contributed by atoms with Gasteiger partial charge in [0.25, 0.3) is 0 Å². The van der Waals surface area contributed by atoms with Gasteiger partial charge in [-0.3, -0.25) is 0 Å². The number of halogens is 1. The maximum Gasteiger partial charge on any atom is 0.143 e. The van der Waals surface area contributed by atoms with Crippen LogP contribution in [-0.4, -0.2) is 18.6 Å². The van der Waals surface area contributed by atoms with E-state index < -0.39 is 5.38 Å². The maximum absolute atomic E-state index is 8.24. The predicted molar refractivity (Wildman–Crippen MR) is 40.9 cm³/mol. The lowest BCUT2D eigenvalue weighted by Crippen LogP contribution is -2.10. The fourth-order valence-electron chi connectivity index (χ4n) is 0.444. The molecule has 0 aromatic carbocycles. The van der Waals surface area contributed by atoms with Gasteiger partial charge in [0.05, 0.1) is 12.7 Å². The molecule has 10 heavy (non-hydrogen) atoms. The van der Waals surface area contributed by atoms with Crippen LogP contribution in [0.5, 0.6) is 0 Å². The molecule has 0 amide bonds. The van der Waals surface area contributed by atoms with E-state index in [2.05, 4.69) is 13.8 Å². The van der Waals surface area contributed by atoms with E-state index >= 15 is 0 Å². The number of ether oxygens (including phenoxy) is 1. The van der Waals surface area contributed by atoms with Crippen molar-refractivity contribution in [2.24, 2.45) is 5.92 Å². The second-order valence-corrected chi connectivity index (χ2v) is 3.05. The first kappa shape index (κ1) is 9.74. The summed E-state index contributed by atoms with van der Waals surface area (Å²) in [5.74, 6) is 0.502. The van der Waals surface area contributed by atoms with Gasteiger partial charge in [0, 0.05) is 6.61 Å². The molecular weight excluding hydrogens is 150 g/mol. The largest absolute Gasteiger partial charge is 0.379 e. The highest BCUT2D eigenvalue weighted by molar-refractivity contribution is 6.22. The molecule has 0 heterocycles. The van der Waals surface area contributed by atoms with E-state index in [9.17, 15) is 0 Å². The van der Waals surface area contributed by atoms with E-state index in [4.69, 9.17) is 21.6 Å². The fraction of sp³-hybridized carbons (Fsp3) is 0.857. The van der Waals surface area contributed by atoms with Crippen LogP contribution in [0.15, 0.2) is 0 Å². The van der Waals surface area contributed by atoms with Gasteiger partial charge in [-0.25, -0.2) is 0 Å². The van der Waals surface area contributed by atoms with E-state index in [1.54, 1.807) is 0 Å². The summed E-state index contributed by atoms with van der Waals surface area (Å²) >= 11 is 5.46. The van der Waals surface area contributed by atoms with Crippen LogP contribution in [-0.2, 0) is 4.74 Å². The second kappa shape index (κ2) is 5.52. The van der Waals surface area contributed by atoms with Crippen molar-refractivity contribution in [2.45, 2.75) is 19.2 Å². The Labute approximate surface area is 66.7 Å². The van der Waals surface area contributed by atoms with Crippen LogP contribution in [0.3, 0.4) is 0 Å². The van der Waals surface area contributed by atoms with Gasteiger partial charge in [0.15, 0.2) is 0 Å². The van der Waals surface area contributed by atoms with Gasteiger partial charge in [-0.05, 0) is 5.92 Å². The van der Waals surface area contributed by atoms with Crippen LogP contribution >= 0.6 is 11.6 Å². The first-order valence-corrected chi connectivity index (χ1v) is 3.72. The Morgan fingerprint density at radius 2 is 2.10 bits per heavy atom. The lowest BCUT2D eigenvalue weighted by Gasteiger charge is -2.05. The molecular formula is C7H12ClNO. The third-order valence-electron chi connectivity index (χ3n) is 0.855. The van der Waals surface area contributed by atoms with Crippen molar-refractivity contribution in [1.82, 2.24) is 0 Å². The molecule has 0 aliphatic carbocycles. The molecule has 3 heteroatoms. The topological polar surface area (TPSA) is 33.0 Å². The molecule has 0 radical (unpaired) electrons. The molecule has 0 saturated heterocycles. The first-order valence-electron chi connectivity index (χ1n) is 3.28. The third kappa shape index (κ3) is 5.87. The molecule has 0 saturated carbocycles. The molecule has 2 nitrogen and oxygen atoms in total. The number of hydrogen-bond donors (Lipinski definition) is 0. The molecule has 1 atom stereocenters. The van der Waals surface area contributed by atoms with E-state index in [0.717, 1.165) is 0 Å². The number of rotatable bonds is 4. The molecule has 0 aliphatic heterocycles. The molecule has 1 unspecified atom stereocenters.